The van der Waals surface area contributed by atoms with Gasteiger partial charge in [-0.25, -0.2) is 4.98 Å². The van der Waals surface area contributed by atoms with Crippen LogP contribution >= 0.6 is 0 Å². The molecule has 1 N–H and O–H groups in total. The monoisotopic (exact) mass is 456 g/mol. The van der Waals surface area contributed by atoms with Gasteiger partial charge < -0.3 is 9.88 Å². The Morgan fingerprint density at radius 2 is 1.85 bits per heavy atom. The lowest BCUT2D eigenvalue weighted by molar-refractivity contribution is -0.116. The summed E-state index contributed by atoms with van der Waals surface area (Å²) >= 11 is 0. The third-order valence-electron chi connectivity index (χ3n) is 6.42. The number of nitrogens with zero attached hydrogens (tertiary/aromatic N) is 5. The highest BCUT2D eigenvalue weighted by atomic mass is 16.2. The van der Waals surface area contributed by atoms with Crippen LogP contribution in [0.25, 0.3) is 22.3 Å². The number of benzene rings is 2. The average molecular weight is 457 g/mol. The first kappa shape index (κ1) is 22.0. The standard InChI is InChI=1S/C26H28N6O2/c1-18-7-6-8-21-24(18)27-17-31(26(21)34)16-14-23(33)28-20-12-10-19(11-13-20)25-30-29-22-9-4-2-3-5-15-32(22)25/h6-8,10-13,17H,2-5,9,14-16H2,1H3,(H,28,33). The third kappa shape index (κ3) is 4.48. The van der Waals surface area contributed by atoms with Crippen molar-refractivity contribution in [2.24, 2.45) is 0 Å². The van der Waals surface area contributed by atoms with Crippen LogP contribution in [0.1, 0.15) is 43.5 Å². The van der Waals surface area contributed by atoms with Gasteiger partial charge in [0.2, 0.25) is 5.91 Å². The molecule has 0 atom stereocenters. The molecule has 0 fully saturated rings. The second-order valence-corrected chi connectivity index (χ2v) is 8.85. The molecule has 3 heterocycles. The zero-order valence-corrected chi connectivity index (χ0v) is 19.3. The largest absolute Gasteiger partial charge is 0.326 e. The summed E-state index contributed by atoms with van der Waals surface area (Å²) in [7, 11) is 0. The molecule has 5 rings (SSSR count). The summed E-state index contributed by atoms with van der Waals surface area (Å²) in [6.07, 6.45) is 7.45. The molecule has 1 amide bonds. The number of para-hydroxylation sites is 1. The van der Waals surface area contributed by atoms with E-state index in [0.717, 1.165) is 48.6 Å². The molecule has 34 heavy (non-hydrogen) atoms. The van der Waals surface area contributed by atoms with Crippen LogP contribution in [-0.4, -0.2) is 30.2 Å². The molecule has 0 aliphatic carbocycles. The Morgan fingerprint density at radius 3 is 2.71 bits per heavy atom. The van der Waals surface area contributed by atoms with E-state index in [-0.39, 0.29) is 24.4 Å². The van der Waals surface area contributed by atoms with Crippen molar-refractivity contribution in [2.75, 3.05) is 5.32 Å². The molecular formula is C26H28N6O2. The minimum absolute atomic E-state index is 0.131. The number of rotatable bonds is 5. The highest BCUT2D eigenvalue weighted by Gasteiger charge is 2.15. The molecule has 1 aliphatic rings. The SMILES string of the molecule is Cc1cccc2c(=O)n(CCC(=O)Nc3ccc(-c4nnc5n4CCCCCC5)cc3)cnc12. The van der Waals surface area contributed by atoms with Gasteiger partial charge in [0.15, 0.2) is 5.82 Å². The van der Waals surface area contributed by atoms with E-state index in [1.165, 1.54) is 23.7 Å². The van der Waals surface area contributed by atoms with Crippen molar-refractivity contribution >= 4 is 22.5 Å². The molecule has 174 valence electrons. The first-order valence-electron chi connectivity index (χ1n) is 11.9. The smallest absolute Gasteiger partial charge is 0.261 e. The maximum absolute atomic E-state index is 12.7. The Balaban J connectivity index is 1.24. The fourth-order valence-corrected chi connectivity index (χ4v) is 4.52. The summed E-state index contributed by atoms with van der Waals surface area (Å²) in [5, 5.41) is 12.3. The fourth-order valence-electron chi connectivity index (χ4n) is 4.52. The quantitative estimate of drug-likeness (QED) is 0.488. The highest BCUT2D eigenvalue weighted by Crippen LogP contribution is 2.24. The van der Waals surface area contributed by atoms with E-state index in [2.05, 4.69) is 25.1 Å². The molecule has 2 aromatic carbocycles. The van der Waals surface area contributed by atoms with Crippen LogP contribution in [0.3, 0.4) is 0 Å². The molecule has 0 unspecified atom stereocenters. The first-order chi connectivity index (χ1) is 16.6. The number of fused-ring (bicyclic) bond motifs is 2. The molecule has 0 radical (unpaired) electrons. The van der Waals surface area contributed by atoms with Gasteiger partial charge in [-0.2, -0.15) is 0 Å². The number of anilines is 1. The second-order valence-electron chi connectivity index (χ2n) is 8.85. The van der Waals surface area contributed by atoms with E-state index in [9.17, 15) is 9.59 Å². The van der Waals surface area contributed by atoms with E-state index >= 15 is 0 Å². The van der Waals surface area contributed by atoms with Gasteiger partial charge in [-0.3, -0.25) is 14.2 Å². The number of carbonyl (C=O) groups is 1. The Morgan fingerprint density at radius 1 is 1.03 bits per heavy atom. The van der Waals surface area contributed by atoms with Crippen LogP contribution in [0.15, 0.2) is 53.6 Å². The van der Waals surface area contributed by atoms with Gasteiger partial charge in [-0.05, 0) is 55.7 Å². The second kappa shape index (κ2) is 9.59. The fraction of sp³-hybridized carbons (Fsp3) is 0.346. The van der Waals surface area contributed by atoms with Crippen molar-refractivity contribution in [2.45, 2.75) is 58.5 Å². The van der Waals surface area contributed by atoms with Crippen LogP contribution in [0.5, 0.6) is 0 Å². The lowest BCUT2D eigenvalue weighted by Crippen LogP contribution is -2.23. The van der Waals surface area contributed by atoms with Crippen molar-refractivity contribution in [1.82, 2.24) is 24.3 Å². The molecular weight excluding hydrogens is 428 g/mol. The summed E-state index contributed by atoms with van der Waals surface area (Å²) in [5.41, 5.74) is 3.23. The summed E-state index contributed by atoms with van der Waals surface area (Å²) in [4.78, 5) is 29.6. The Labute approximate surface area is 197 Å². The number of amides is 1. The minimum atomic E-state index is -0.156. The number of aromatic nitrogens is 5. The molecule has 4 aromatic rings. The Kier molecular flexibility index (Phi) is 6.20. The summed E-state index contributed by atoms with van der Waals surface area (Å²) in [6, 6.07) is 13.2. The van der Waals surface area contributed by atoms with Gasteiger partial charge in [-0.1, -0.05) is 25.0 Å². The molecule has 8 heteroatoms. The van der Waals surface area contributed by atoms with E-state index < -0.39 is 0 Å². The number of aryl methyl sites for hydroxylation is 3. The van der Waals surface area contributed by atoms with Gasteiger partial charge in [0.1, 0.15) is 5.82 Å². The lowest BCUT2D eigenvalue weighted by atomic mass is 10.1. The van der Waals surface area contributed by atoms with Gasteiger partial charge in [0.25, 0.3) is 5.56 Å². The zero-order valence-electron chi connectivity index (χ0n) is 19.3. The summed E-state index contributed by atoms with van der Waals surface area (Å²) < 4.78 is 3.72. The van der Waals surface area contributed by atoms with E-state index in [0.29, 0.717) is 16.6 Å². The molecule has 0 saturated heterocycles. The Hall–Kier alpha value is -3.81. The number of hydrogen-bond acceptors (Lipinski definition) is 5. The minimum Gasteiger partial charge on any atom is -0.326 e. The van der Waals surface area contributed by atoms with Crippen molar-refractivity contribution < 1.29 is 4.79 Å². The van der Waals surface area contributed by atoms with E-state index in [1.54, 1.807) is 6.07 Å². The molecule has 8 nitrogen and oxygen atoms in total. The van der Waals surface area contributed by atoms with Gasteiger partial charge in [0.05, 0.1) is 17.2 Å². The molecule has 0 spiro atoms. The third-order valence-corrected chi connectivity index (χ3v) is 6.42. The molecule has 0 saturated carbocycles. The predicted octanol–water partition coefficient (Wildman–Crippen LogP) is 4.11. The Bertz CT molecular complexity index is 1390. The van der Waals surface area contributed by atoms with Gasteiger partial charge in [-0.15, -0.1) is 10.2 Å². The maximum atomic E-state index is 12.7. The first-order valence-corrected chi connectivity index (χ1v) is 11.9. The number of hydrogen-bond donors (Lipinski definition) is 1. The number of nitrogens with one attached hydrogen (secondary N) is 1. The topological polar surface area (TPSA) is 94.7 Å². The summed E-state index contributed by atoms with van der Waals surface area (Å²) in [6.45, 7) is 3.14. The molecule has 1 aliphatic heterocycles. The predicted molar refractivity (Wildman–Crippen MR) is 132 cm³/mol. The van der Waals surface area contributed by atoms with Gasteiger partial charge >= 0.3 is 0 Å². The van der Waals surface area contributed by atoms with Gasteiger partial charge in [0, 0.05) is 37.2 Å². The van der Waals surface area contributed by atoms with Crippen LogP contribution in [-0.2, 0) is 24.3 Å². The lowest BCUT2D eigenvalue weighted by Gasteiger charge is -2.13. The van der Waals surface area contributed by atoms with Crippen LogP contribution in [0, 0.1) is 6.92 Å². The van der Waals surface area contributed by atoms with Crippen LogP contribution in [0.4, 0.5) is 5.69 Å². The van der Waals surface area contributed by atoms with Crippen molar-refractivity contribution in [3.63, 3.8) is 0 Å². The normalized spacial score (nSPS) is 13.8. The van der Waals surface area contributed by atoms with E-state index in [1.807, 2.05) is 43.3 Å². The average Bonchev–Trinajstić information content (AvgIpc) is 3.21. The van der Waals surface area contributed by atoms with Crippen molar-refractivity contribution in [3.05, 3.63) is 70.5 Å². The van der Waals surface area contributed by atoms with Crippen LogP contribution < -0.4 is 10.9 Å². The maximum Gasteiger partial charge on any atom is 0.261 e. The molecule has 0 bridgehead atoms. The van der Waals surface area contributed by atoms with E-state index in [4.69, 9.17) is 0 Å². The molecule has 2 aromatic heterocycles. The van der Waals surface area contributed by atoms with Crippen molar-refractivity contribution in [3.8, 4) is 11.4 Å². The van der Waals surface area contributed by atoms with Crippen LogP contribution in [0.2, 0.25) is 0 Å². The highest BCUT2D eigenvalue weighted by molar-refractivity contribution is 5.91. The zero-order chi connectivity index (χ0) is 23.5. The number of carbonyl (C=O) groups excluding carboxylic acids is 1. The van der Waals surface area contributed by atoms with Crippen molar-refractivity contribution in [1.29, 1.82) is 0 Å². The summed E-state index contributed by atoms with van der Waals surface area (Å²) in [5.74, 6) is 1.78.